The van der Waals surface area contributed by atoms with E-state index >= 15 is 0 Å². The van der Waals surface area contributed by atoms with E-state index in [0.29, 0.717) is 12.0 Å². The Kier molecular flexibility index (Phi) is 3.71. The molecule has 0 saturated heterocycles. The Labute approximate surface area is 104 Å². The van der Waals surface area contributed by atoms with Crippen LogP contribution >= 0.6 is 0 Å². The fraction of sp³-hybridized carbons (Fsp3) is 0.857. The van der Waals surface area contributed by atoms with Crippen molar-refractivity contribution in [3.05, 3.63) is 0 Å². The molecule has 0 heterocycles. The van der Waals surface area contributed by atoms with Crippen molar-refractivity contribution in [1.29, 1.82) is 5.26 Å². The summed E-state index contributed by atoms with van der Waals surface area (Å²) in [6.45, 7) is 2.19. The summed E-state index contributed by atoms with van der Waals surface area (Å²) in [4.78, 5) is 12.2. The van der Waals surface area contributed by atoms with Crippen molar-refractivity contribution < 1.29 is 4.79 Å². The lowest BCUT2D eigenvalue weighted by Crippen LogP contribution is -2.51. The third-order valence-electron chi connectivity index (χ3n) is 4.61. The van der Waals surface area contributed by atoms with Crippen LogP contribution in [0, 0.1) is 22.7 Å². The number of nitriles is 1. The average molecular weight is 234 g/mol. The molecule has 2 atom stereocenters. The Morgan fingerprint density at radius 3 is 2.59 bits per heavy atom. The normalized spacial score (nSPS) is 31.1. The average Bonchev–Trinajstić information content (AvgIpc) is 2.29. The Morgan fingerprint density at radius 2 is 2.06 bits per heavy atom. The van der Waals surface area contributed by atoms with Gasteiger partial charge in [0.1, 0.15) is 5.41 Å². The molecule has 0 aromatic rings. The summed E-state index contributed by atoms with van der Waals surface area (Å²) < 4.78 is 0. The van der Waals surface area contributed by atoms with E-state index in [0.717, 1.165) is 32.1 Å². The van der Waals surface area contributed by atoms with Gasteiger partial charge >= 0.3 is 0 Å². The summed E-state index contributed by atoms with van der Waals surface area (Å²) in [5, 5.41) is 12.3. The highest BCUT2D eigenvalue weighted by atomic mass is 16.2. The van der Waals surface area contributed by atoms with Crippen LogP contribution in [0.4, 0.5) is 0 Å². The number of amides is 1. The van der Waals surface area contributed by atoms with E-state index in [1.807, 2.05) is 0 Å². The first-order chi connectivity index (χ1) is 8.22. The van der Waals surface area contributed by atoms with Crippen LogP contribution in [0.1, 0.15) is 58.3 Å². The van der Waals surface area contributed by atoms with Crippen LogP contribution < -0.4 is 5.32 Å². The number of hydrogen-bond donors (Lipinski definition) is 1. The molecule has 0 aromatic carbocycles. The Balaban J connectivity index is 1.95. The molecule has 2 aliphatic rings. The SMILES string of the molecule is CCC1CCCCC1NC(=O)C1(C#N)CCC1. The van der Waals surface area contributed by atoms with E-state index in [1.165, 1.54) is 19.3 Å². The summed E-state index contributed by atoms with van der Waals surface area (Å²) in [7, 11) is 0. The van der Waals surface area contributed by atoms with Crippen molar-refractivity contribution >= 4 is 5.91 Å². The topological polar surface area (TPSA) is 52.9 Å². The van der Waals surface area contributed by atoms with Gasteiger partial charge < -0.3 is 5.32 Å². The molecule has 94 valence electrons. The third-order valence-corrected chi connectivity index (χ3v) is 4.61. The molecule has 2 rings (SSSR count). The van der Waals surface area contributed by atoms with Gasteiger partial charge in [0, 0.05) is 6.04 Å². The fourth-order valence-corrected chi connectivity index (χ4v) is 3.11. The summed E-state index contributed by atoms with van der Waals surface area (Å²) >= 11 is 0. The number of carbonyl (C=O) groups excluding carboxylic acids is 1. The van der Waals surface area contributed by atoms with Gasteiger partial charge in [0.15, 0.2) is 0 Å². The lowest BCUT2D eigenvalue weighted by molar-refractivity contribution is -0.133. The van der Waals surface area contributed by atoms with Gasteiger partial charge in [-0.15, -0.1) is 0 Å². The highest BCUT2D eigenvalue weighted by molar-refractivity contribution is 5.86. The second kappa shape index (κ2) is 5.08. The molecule has 17 heavy (non-hydrogen) atoms. The van der Waals surface area contributed by atoms with E-state index in [9.17, 15) is 4.79 Å². The molecule has 0 radical (unpaired) electrons. The number of carbonyl (C=O) groups is 1. The first-order valence-corrected chi connectivity index (χ1v) is 6.94. The number of hydrogen-bond acceptors (Lipinski definition) is 2. The molecule has 0 spiro atoms. The molecule has 3 nitrogen and oxygen atoms in total. The van der Waals surface area contributed by atoms with E-state index in [4.69, 9.17) is 5.26 Å². The van der Waals surface area contributed by atoms with Crippen molar-refractivity contribution in [2.75, 3.05) is 0 Å². The van der Waals surface area contributed by atoms with E-state index < -0.39 is 5.41 Å². The van der Waals surface area contributed by atoms with Gasteiger partial charge in [0.05, 0.1) is 6.07 Å². The largest absolute Gasteiger partial charge is 0.352 e. The molecule has 2 fully saturated rings. The number of rotatable bonds is 3. The zero-order chi connectivity index (χ0) is 12.3. The van der Waals surface area contributed by atoms with Crippen molar-refractivity contribution in [2.24, 2.45) is 11.3 Å². The fourth-order valence-electron chi connectivity index (χ4n) is 3.11. The van der Waals surface area contributed by atoms with Gasteiger partial charge in [-0.25, -0.2) is 0 Å². The maximum Gasteiger partial charge on any atom is 0.240 e. The summed E-state index contributed by atoms with van der Waals surface area (Å²) in [5.74, 6) is 0.611. The van der Waals surface area contributed by atoms with E-state index in [1.54, 1.807) is 0 Å². The minimum absolute atomic E-state index is 0.00315. The maximum atomic E-state index is 12.2. The molecule has 0 bridgehead atoms. The predicted octanol–water partition coefficient (Wildman–Crippen LogP) is 2.77. The smallest absolute Gasteiger partial charge is 0.240 e. The van der Waals surface area contributed by atoms with Gasteiger partial charge in [-0.3, -0.25) is 4.79 Å². The minimum atomic E-state index is -0.685. The van der Waals surface area contributed by atoms with Crippen LogP contribution in [0.5, 0.6) is 0 Å². The van der Waals surface area contributed by atoms with Crippen LogP contribution in [0.25, 0.3) is 0 Å². The monoisotopic (exact) mass is 234 g/mol. The molecule has 0 aliphatic heterocycles. The molecule has 1 N–H and O–H groups in total. The number of nitrogens with one attached hydrogen (secondary N) is 1. The van der Waals surface area contributed by atoms with Crippen LogP contribution in [0.3, 0.4) is 0 Å². The Bertz CT molecular complexity index is 328. The number of nitrogens with zero attached hydrogens (tertiary/aromatic N) is 1. The van der Waals surface area contributed by atoms with Crippen LogP contribution in [0.2, 0.25) is 0 Å². The van der Waals surface area contributed by atoms with Crippen molar-refractivity contribution in [3.63, 3.8) is 0 Å². The van der Waals surface area contributed by atoms with Gasteiger partial charge in [-0.2, -0.15) is 5.26 Å². The van der Waals surface area contributed by atoms with Crippen LogP contribution in [0.15, 0.2) is 0 Å². The van der Waals surface area contributed by atoms with Gasteiger partial charge in [-0.1, -0.05) is 26.2 Å². The minimum Gasteiger partial charge on any atom is -0.352 e. The molecule has 1 amide bonds. The third kappa shape index (κ3) is 2.31. The summed E-state index contributed by atoms with van der Waals surface area (Å²) in [6, 6.07) is 2.54. The summed E-state index contributed by atoms with van der Waals surface area (Å²) in [5.41, 5.74) is -0.685. The van der Waals surface area contributed by atoms with Crippen molar-refractivity contribution in [3.8, 4) is 6.07 Å². The first-order valence-electron chi connectivity index (χ1n) is 6.94. The Hall–Kier alpha value is -1.04. The highest BCUT2D eigenvalue weighted by Gasteiger charge is 2.45. The molecule has 2 saturated carbocycles. The highest BCUT2D eigenvalue weighted by Crippen LogP contribution is 2.41. The molecule has 0 aromatic heterocycles. The molecule has 3 heteroatoms. The molecular formula is C14H22N2O. The quantitative estimate of drug-likeness (QED) is 0.816. The lowest BCUT2D eigenvalue weighted by Gasteiger charge is -2.38. The standard InChI is InChI=1S/C14H22N2O/c1-2-11-6-3-4-7-12(11)16-13(17)14(10-15)8-5-9-14/h11-12H,2-9H2,1H3,(H,16,17). The molecule has 2 unspecified atom stereocenters. The second-order valence-electron chi connectivity index (χ2n) is 5.58. The zero-order valence-corrected chi connectivity index (χ0v) is 10.7. The van der Waals surface area contributed by atoms with E-state index in [-0.39, 0.29) is 5.91 Å². The predicted molar refractivity (Wildman–Crippen MR) is 66.1 cm³/mol. The molecular weight excluding hydrogens is 212 g/mol. The van der Waals surface area contributed by atoms with Crippen molar-refractivity contribution in [2.45, 2.75) is 64.3 Å². The van der Waals surface area contributed by atoms with Crippen LogP contribution in [-0.2, 0) is 4.79 Å². The van der Waals surface area contributed by atoms with Gasteiger partial charge in [0.25, 0.3) is 0 Å². The lowest BCUT2D eigenvalue weighted by atomic mass is 9.69. The van der Waals surface area contributed by atoms with Crippen molar-refractivity contribution in [1.82, 2.24) is 5.32 Å². The van der Waals surface area contributed by atoms with Gasteiger partial charge in [-0.05, 0) is 38.0 Å². The second-order valence-corrected chi connectivity index (χ2v) is 5.58. The zero-order valence-electron chi connectivity index (χ0n) is 10.7. The van der Waals surface area contributed by atoms with Gasteiger partial charge in [0.2, 0.25) is 5.91 Å². The van der Waals surface area contributed by atoms with Crippen LogP contribution in [-0.4, -0.2) is 11.9 Å². The van der Waals surface area contributed by atoms with E-state index in [2.05, 4.69) is 18.3 Å². The summed E-state index contributed by atoms with van der Waals surface area (Å²) in [6.07, 6.45) is 8.45. The first kappa shape index (κ1) is 12.4. The molecule has 2 aliphatic carbocycles. The Morgan fingerprint density at radius 1 is 1.35 bits per heavy atom. The maximum absolute atomic E-state index is 12.2.